The smallest absolute Gasteiger partial charge is 0.296 e. The summed E-state index contributed by atoms with van der Waals surface area (Å²) in [4.78, 5) is 34.6. The van der Waals surface area contributed by atoms with Crippen molar-refractivity contribution >= 4 is 17.3 Å². The molecule has 1 amide bonds. The Morgan fingerprint density at radius 2 is 2.07 bits per heavy atom. The lowest BCUT2D eigenvalue weighted by Crippen LogP contribution is -2.52. The highest BCUT2D eigenvalue weighted by Crippen LogP contribution is 2.45. The number of nitrogens with one attached hydrogen (secondary N) is 1. The fourth-order valence-corrected chi connectivity index (χ4v) is 3.21. The maximum Gasteiger partial charge on any atom is 0.296 e. The highest BCUT2D eigenvalue weighted by Gasteiger charge is 2.45. The van der Waals surface area contributed by atoms with Crippen LogP contribution in [0.2, 0.25) is 0 Å². The van der Waals surface area contributed by atoms with E-state index in [4.69, 9.17) is 4.74 Å². The summed E-state index contributed by atoms with van der Waals surface area (Å²) in [6, 6.07) is 6.32. The largest absolute Gasteiger partial charge is 0.484 e. The van der Waals surface area contributed by atoms with E-state index >= 15 is 0 Å². The molecule has 2 unspecified atom stereocenters. The van der Waals surface area contributed by atoms with Gasteiger partial charge in [0.2, 0.25) is 5.91 Å². The first-order valence-corrected chi connectivity index (χ1v) is 8.26. The summed E-state index contributed by atoms with van der Waals surface area (Å²) in [7, 11) is 0. The molecule has 2 aromatic rings. The van der Waals surface area contributed by atoms with Crippen molar-refractivity contribution in [2.24, 2.45) is 0 Å². The minimum absolute atomic E-state index is 0.0317. The number of amides is 1. The molecule has 0 radical (unpaired) electrons. The van der Waals surface area contributed by atoms with Crippen LogP contribution < -0.4 is 15.6 Å². The van der Waals surface area contributed by atoms with Gasteiger partial charge >= 0.3 is 0 Å². The van der Waals surface area contributed by atoms with E-state index in [0.29, 0.717) is 5.56 Å². The zero-order chi connectivity index (χ0) is 19.9. The summed E-state index contributed by atoms with van der Waals surface area (Å²) >= 11 is 0. The lowest BCUT2D eigenvalue weighted by molar-refractivity contribution is -0.384. The Bertz CT molecular complexity index is 981. The number of anilines is 1. The van der Waals surface area contributed by atoms with E-state index in [1.165, 1.54) is 35.9 Å². The van der Waals surface area contributed by atoms with Crippen LogP contribution in [0, 0.1) is 10.1 Å². The third kappa shape index (κ3) is 3.28. The summed E-state index contributed by atoms with van der Waals surface area (Å²) in [5, 5.41) is 24.7. The van der Waals surface area contributed by atoms with Crippen LogP contribution in [0.4, 0.5) is 11.4 Å². The first-order valence-electron chi connectivity index (χ1n) is 8.26. The number of aliphatic hydroxyl groups excluding tert-OH is 1. The maximum absolute atomic E-state index is 12.4. The molecule has 9 heteroatoms. The molecule has 1 aliphatic rings. The van der Waals surface area contributed by atoms with Crippen LogP contribution in [0.25, 0.3) is 0 Å². The summed E-state index contributed by atoms with van der Waals surface area (Å²) < 4.78 is 7.14. The van der Waals surface area contributed by atoms with Gasteiger partial charge in [-0.25, -0.2) is 0 Å². The quantitative estimate of drug-likeness (QED) is 0.625. The number of ether oxygens (including phenoxy) is 1. The molecular weight excluding hydrogens is 354 g/mol. The average Bonchev–Trinajstić information content (AvgIpc) is 2.56. The number of nitro benzene ring substituents is 1. The second kappa shape index (κ2) is 6.51. The normalized spacial score (nSPS) is 20.3. The molecular formula is C18H19N3O6. The molecule has 0 saturated heterocycles. The molecule has 0 bridgehead atoms. The lowest BCUT2D eigenvalue weighted by Gasteiger charge is -2.42. The molecule has 27 heavy (non-hydrogen) atoms. The monoisotopic (exact) mass is 373 g/mol. The first-order chi connectivity index (χ1) is 12.6. The molecule has 2 heterocycles. The molecule has 142 valence electrons. The third-order valence-corrected chi connectivity index (χ3v) is 4.49. The number of carbonyl (C=O) groups is 1. The first kappa shape index (κ1) is 18.6. The van der Waals surface area contributed by atoms with Crippen LogP contribution in [0.15, 0.2) is 41.3 Å². The van der Waals surface area contributed by atoms with Gasteiger partial charge in [-0.3, -0.25) is 19.7 Å². The zero-order valence-corrected chi connectivity index (χ0v) is 15.0. The van der Waals surface area contributed by atoms with Gasteiger partial charge in [-0.05, 0) is 26.0 Å². The number of pyridine rings is 1. The molecule has 2 N–H and O–H groups in total. The topological polar surface area (TPSA) is 124 Å². The Balaban J connectivity index is 2.29. The molecule has 9 nitrogen and oxygen atoms in total. The van der Waals surface area contributed by atoms with Crippen LogP contribution in [-0.4, -0.2) is 32.2 Å². The van der Waals surface area contributed by atoms with Crippen molar-refractivity contribution in [3.8, 4) is 5.75 Å². The van der Waals surface area contributed by atoms with Crippen LogP contribution in [0.5, 0.6) is 5.75 Å². The van der Waals surface area contributed by atoms with Crippen molar-refractivity contribution in [1.29, 1.82) is 0 Å². The van der Waals surface area contributed by atoms with Crippen LogP contribution in [0.1, 0.15) is 32.4 Å². The van der Waals surface area contributed by atoms with E-state index in [-0.39, 0.29) is 22.7 Å². The number of hydrogen-bond donors (Lipinski definition) is 2. The second-order valence-electron chi connectivity index (χ2n) is 6.89. The molecule has 3 rings (SSSR count). The van der Waals surface area contributed by atoms with Gasteiger partial charge in [-0.15, -0.1) is 0 Å². The number of carbonyl (C=O) groups excluding carboxylic acids is 1. The standard InChI is InChI=1S/C18H19N3O6/c1-10(22)19-12-8-11-14(9-13(12)21(25)26)27-18(2,3)17(24)16(11)20-7-5-4-6-15(20)23/h4-9,16-17,24H,1-3H3,(H,19,22). The second-order valence-corrected chi connectivity index (χ2v) is 6.89. The summed E-state index contributed by atoms with van der Waals surface area (Å²) in [6.07, 6.45) is 0.415. The van der Waals surface area contributed by atoms with Crippen LogP contribution >= 0.6 is 0 Å². The third-order valence-electron chi connectivity index (χ3n) is 4.49. The van der Waals surface area contributed by atoms with E-state index in [1.807, 2.05) is 0 Å². The Morgan fingerprint density at radius 3 is 2.67 bits per heavy atom. The number of benzene rings is 1. The molecule has 1 aromatic heterocycles. The van der Waals surface area contributed by atoms with Gasteiger partial charge in [-0.1, -0.05) is 6.07 Å². The number of aromatic nitrogens is 1. The van der Waals surface area contributed by atoms with E-state index in [0.717, 1.165) is 0 Å². The summed E-state index contributed by atoms with van der Waals surface area (Å²) in [6.45, 7) is 4.50. The maximum atomic E-state index is 12.4. The highest BCUT2D eigenvalue weighted by atomic mass is 16.6. The predicted molar refractivity (Wildman–Crippen MR) is 97.0 cm³/mol. The lowest BCUT2D eigenvalue weighted by atomic mass is 9.85. The summed E-state index contributed by atoms with van der Waals surface area (Å²) in [5.74, 6) is -0.309. The molecule has 0 spiro atoms. The van der Waals surface area contributed by atoms with E-state index in [2.05, 4.69) is 5.32 Å². The minimum atomic E-state index is -1.11. The number of nitrogens with zero attached hydrogens (tertiary/aromatic N) is 2. The van der Waals surface area contributed by atoms with Gasteiger partial charge < -0.3 is 19.7 Å². The van der Waals surface area contributed by atoms with Crippen LogP contribution in [0.3, 0.4) is 0 Å². The summed E-state index contributed by atoms with van der Waals surface area (Å²) in [5.41, 5.74) is -1.45. The van der Waals surface area contributed by atoms with Crippen molar-refractivity contribution in [1.82, 2.24) is 4.57 Å². The van der Waals surface area contributed by atoms with Gasteiger partial charge in [0.25, 0.3) is 11.2 Å². The molecule has 2 atom stereocenters. The van der Waals surface area contributed by atoms with E-state index < -0.39 is 28.6 Å². The zero-order valence-electron chi connectivity index (χ0n) is 15.0. The number of rotatable bonds is 3. The number of fused-ring (bicyclic) bond motifs is 1. The Labute approximate surface area is 154 Å². The Morgan fingerprint density at radius 1 is 1.37 bits per heavy atom. The molecule has 0 saturated carbocycles. The van der Waals surface area contributed by atoms with Gasteiger partial charge in [0.1, 0.15) is 23.1 Å². The van der Waals surface area contributed by atoms with E-state index in [9.17, 15) is 24.8 Å². The van der Waals surface area contributed by atoms with Crippen molar-refractivity contribution < 1.29 is 19.6 Å². The fraction of sp³-hybridized carbons (Fsp3) is 0.333. The number of aliphatic hydroxyl groups is 1. The fourth-order valence-electron chi connectivity index (χ4n) is 3.21. The predicted octanol–water partition coefficient (Wildman–Crippen LogP) is 1.84. The van der Waals surface area contributed by atoms with Gasteiger partial charge in [0.05, 0.1) is 17.0 Å². The SMILES string of the molecule is CC(=O)Nc1cc2c(cc1[N+](=O)[O-])OC(C)(C)C(O)C2n1ccccc1=O. The Kier molecular flexibility index (Phi) is 4.48. The van der Waals surface area contributed by atoms with Crippen molar-refractivity contribution in [3.63, 3.8) is 0 Å². The molecule has 0 aliphatic carbocycles. The van der Waals surface area contributed by atoms with E-state index in [1.54, 1.807) is 26.0 Å². The number of hydrogen-bond acceptors (Lipinski definition) is 6. The molecule has 0 fully saturated rings. The van der Waals surface area contributed by atoms with Crippen molar-refractivity contribution in [2.45, 2.75) is 38.5 Å². The van der Waals surface area contributed by atoms with Gasteiger partial charge in [-0.2, -0.15) is 0 Å². The molecule has 1 aromatic carbocycles. The van der Waals surface area contributed by atoms with Gasteiger partial charge in [0, 0.05) is 24.8 Å². The molecule has 1 aliphatic heterocycles. The van der Waals surface area contributed by atoms with Crippen LogP contribution in [-0.2, 0) is 4.79 Å². The Hall–Kier alpha value is -3.20. The van der Waals surface area contributed by atoms with Crippen molar-refractivity contribution in [3.05, 3.63) is 62.6 Å². The van der Waals surface area contributed by atoms with Gasteiger partial charge in [0.15, 0.2) is 0 Å². The highest BCUT2D eigenvalue weighted by molar-refractivity contribution is 5.91. The van der Waals surface area contributed by atoms with Crippen molar-refractivity contribution in [2.75, 3.05) is 5.32 Å². The minimum Gasteiger partial charge on any atom is -0.484 e. The average molecular weight is 373 g/mol. The number of nitro groups is 1.